The Bertz CT molecular complexity index is 691. The number of benzene rings is 1. The molecule has 0 aliphatic carbocycles. The molecule has 6 nitrogen and oxygen atoms in total. The number of hydrogen-bond acceptors (Lipinski definition) is 6. The van der Waals surface area contributed by atoms with Crippen molar-refractivity contribution in [3.05, 3.63) is 58.4 Å². The Morgan fingerprint density at radius 2 is 1.83 bits per heavy atom. The Kier molecular flexibility index (Phi) is 5.76. The van der Waals surface area contributed by atoms with Crippen LogP contribution in [0.3, 0.4) is 0 Å². The van der Waals surface area contributed by atoms with Crippen LogP contribution in [0, 0.1) is 0 Å². The fraction of sp³-hybridized carbons (Fsp3) is 0.333. The van der Waals surface area contributed by atoms with Crippen LogP contribution >= 0.6 is 0 Å². The number of esters is 2. The number of aliphatic hydroxyl groups is 1. The summed E-state index contributed by atoms with van der Waals surface area (Å²) in [7, 11) is 1.29. The molecule has 1 aliphatic rings. The molecule has 1 aliphatic heterocycles. The zero-order valence-electron chi connectivity index (χ0n) is 14.0. The molecule has 1 unspecified atom stereocenters. The van der Waals surface area contributed by atoms with Crippen LogP contribution in [-0.4, -0.2) is 37.4 Å². The SMILES string of the molecule is CCOC(=O)C1=C(CO)NC(C)=C(C(=O)OC)C1c1ccccc1. The second-order valence-electron chi connectivity index (χ2n) is 5.27. The van der Waals surface area contributed by atoms with E-state index in [1.165, 1.54) is 7.11 Å². The van der Waals surface area contributed by atoms with Crippen LogP contribution in [0.1, 0.15) is 25.3 Å². The van der Waals surface area contributed by atoms with Crippen LogP contribution in [0.5, 0.6) is 0 Å². The highest BCUT2D eigenvalue weighted by Gasteiger charge is 2.38. The Balaban J connectivity index is 2.67. The standard InChI is InChI=1S/C18H21NO5/c1-4-24-18(22)16-13(10-20)19-11(2)14(17(21)23-3)15(16)12-8-6-5-7-9-12/h5-9,15,19-20H,4,10H2,1-3H3. The molecule has 0 bridgehead atoms. The van der Waals surface area contributed by atoms with Crippen LogP contribution in [0.4, 0.5) is 0 Å². The first kappa shape index (κ1) is 17.7. The monoisotopic (exact) mass is 331 g/mol. The number of dihydropyridines is 1. The molecular formula is C18H21NO5. The molecule has 2 N–H and O–H groups in total. The minimum atomic E-state index is -0.666. The lowest BCUT2D eigenvalue weighted by Crippen LogP contribution is -2.34. The smallest absolute Gasteiger partial charge is 0.336 e. The number of hydrogen-bond donors (Lipinski definition) is 2. The van der Waals surface area contributed by atoms with Gasteiger partial charge in [-0.25, -0.2) is 9.59 Å². The average molecular weight is 331 g/mol. The predicted molar refractivity (Wildman–Crippen MR) is 87.8 cm³/mol. The van der Waals surface area contributed by atoms with Gasteiger partial charge in [-0.1, -0.05) is 30.3 Å². The largest absolute Gasteiger partial charge is 0.466 e. The van der Waals surface area contributed by atoms with Crippen molar-refractivity contribution in [1.82, 2.24) is 5.32 Å². The highest BCUT2D eigenvalue weighted by molar-refractivity contribution is 5.99. The third-order valence-electron chi connectivity index (χ3n) is 3.84. The van der Waals surface area contributed by atoms with Crippen LogP contribution in [-0.2, 0) is 19.1 Å². The van der Waals surface area contributed by atoms with E-state index < -0.39 is 17.9 Å². The topological polar surface area (TPSA) is 84.9 Å². The minimum Gasteiger partial charge on any atom is -0.466 e. The summed E-state index contributed by atoms with van der Waals surface area (Å²) in [6.07, 6.45) is 0. The fourth-order valence-corrected chi connectivity index (χ4v) is 2.83. The number of allylic oxidation sites excluding steroid dienone is 1. The Labute approximate surface area is 140 Å². The Morgan fingerprint density at radius 3 is 2.38 bits per heavy atom. The summed E-state index contributed by atoms with van der Waals surface area (Å²) < 4.78 is 10.0. The normalized spacial score (nSPS) is 17.4. The molecule has 0 saturated heterocycles. The number of carbonyl (C=O) groups is 2. The van der Waals surface area contributed by atoms with Crippen LogP contribution < -0.4 is 5.32 Å². The van der Waals surface area contributed by atoms with Gasteiger partial charge in [0.2, 0.25) is 0 Å². The molecule has 128 valence electrons. The molecule has 0 aromatic heterocycles. The lowest BCUT2D eigenvalue weighted by Gasteiger charge is -2.30. The van der Waals surface area contributed by atoms with Gasteiger partial charge >= 0.3 is 11.9 Å². The second-order valence-corrected chi connectivity index (χ2v) is 5.27. The van der Waals surface area contributed by atoms with Crippen LogP contribution in [0.15, 0.2) is 52.9 Å². The number of aliphatic hydroxyl groups excluding tert-OH is 1. The maximum absolute atomic E-state index is 12.5. The Hall–Kier alpha value is -2.60. The molecule has 2 rings (SSSR count). The van der Waals surface area contributed by atoms with E-state index in [0.717, 1.165) is 5.56 Å². The summed E-state index contributed by atoms with van der Waals surface area (Å²) in [5, 5.41) is 12.6. The van der Waals surface area contributed by atoms with Gasteiger partial charge in [0.15, 0.2) is 0 Å². The van der Waals surface area contributed by atoms with E-state index >= 15 is 0 Å². The summed E-state index contributed by atoms with van der Waals surface area (Å²) in [5.41, 5.74) is 2.15. The molecule has 0 saturated carbocycles. The van der Waals surface area contributed by atoms with Gasteiger partial charge in [0.05, 0.1) is 43.1 Å². The highest BCUT2D eigenvalue weighted by Crippen LogP contribution is 2.39. The summed E-state index contributed by atoms with van der Waals surface area (Å²) in [4.78, 5) is 24.8. The maximum atomic E-state index is 12.5. The van der Waals surface area contributed by atoms with Crippen LogP contribution in [0.2, 0.25) is 0 Å². The van der Waals surface area contributed by atoms with E-state index in [4.69, 9.17) is 9.47 Å². The van der Waals surface area contributed by atoms with Crippen molar-refractivity contribution >= 4 is 11.9 Å². The predicted octanol–water partition coefficient (Wildman–Crippen LogP) is 1.63. The Morgan fingerprint density at radius 1 is 1.17 bits per heavy atom. The van der Waals surface area contributed by atoms with Gasteiger partial charge in [-0.3, -0.25) is 0 Å². The molecule has 0 amide bonds. The number of ether oxygens (including phenoxy) is 2. The third-order valence-corrected chi connectivity index (χ3v) is 3.84. The van der Waals surface area contributed by atoms with E-state index in [2.05, 4.69) is 5.32 Å². The van der Waals surface area contributed by atoms with Crippen molar-refractivity contribution in [2.24, 2.45) is 0 Å². The summed E-state index contributed by atoms with van der Waals surface area (Å²) in [6.45, 7) is 3.23. The van der Waals surface area contributed by atoms with E-state index in [9.17, 15) is 14.7 Å². The van der Waals surface area contributed by atoms with Crippen LogP contribution in [0.25, 0.3) is 0 Å². The van der Waals surface area contributed by atoms with E-state index in [0.29, 0.717) is 17.0 Å². The van der Waals surface area contributed by atoms with E-state index in [1.54, 1.807) is 13.8 Å². The average Bonchev–Trinajstić information content (AvgIpc) is 2.60. The first-order valence-electron chi connectivity index (χ1n) is 7.67. The number of rotatable bonds is 5. The van der Waals surface area contributed by atoms with Gasteiger partial charge in [-0.2, -0.15) is 0 Å². The van der Waals surface area contributed by atoms with Gasteiger partial charge in [0, 0.05) is 5.70 Å². The summed E-state index contributed by atoms with van der Waals surface area (Å²) >= 11 is 0. The minimum absolute atomic E-state index is 0.193. The van der Waals surface area contributed by atoms with Gasteiger partial charge in [-0.15, -0.1) is 0 Å². The zero-order valence-corrected chi connectivity index (χ0v) is 14.0. The summed E-state index contributed by atoms with van der Waals surface area (Å²) in [5.74, 6) is -1.77. The van der Waals surface area contributed by atoms with Crippen molar-refractivity contribution in [3.8, 4) is 0 Å². The van der Waals surface area contributed by atoms with Crippen molar-refractivity contribution < 1.29 is 24.2 Å². The molecule has 1 aromatic rings. The molecular weight excluding hydrogens is 310 g/mol. The molecule has 0 spiro atoms. The lowest BCUT2D eigenvalue weighted by atomic mass is 9.80. The second kappa shape index (κ2) is 7.79. The van der Waals surface area contributed by atoms with Gasteiger partial charge < -0.3 is 19.9 Å². The summed E-state index contributed by atoms with van der Waals surface area (Å²) in [6, 6.07) is 9.13. The molecule has 24 heavy (non-hydrogen) atoms. The van der Waals surface area contributed by atoms with Crippen molar-refractivity contribution in [2.45, 2.75) is 19.8 Å². The molecule has 1 atom stereocenters. The zero-order chi connectivity index (χ0) is 17.7. The van der Waals surface area contributed by atoms with Gasteiger partial charge in [0.25, 0.3) is 0 Å². The molecule has 1 aromatic carbocycles. The molecule has 6 heteroatoms. The number of carbonyl (C=O) groups excluding carboxylic acids is 2. The van der Waals surface area contributed by atoms with Crippen molar-refractivity contribution in [2.75, 3.05) is 20.3 Å². The number of methoxy groups -OCH3 is 1. The van der Waals surface area contributed by atoms with Gasteiger partial charge in [-0.05, 0) is 19.4 Å². The third kappa shape index (κ3) is 3.33. The quantitative estimate of drug-likeness (QED) is 0.798. The first-order valence-corrected chi connectivity index (χ1v) is 7.67. The fourth-order valence-electron chi connectivity index (χ4n) is 2.83. The first-order chi connectivity index (χ1) is 11.5. The maximum Gasteiger partial charge on any atom is 0.336 e. The highest BCUT2D eigenvalue weighted by atomic mass is 16.5. The van der Waals surface area contributed by atoms with E-state index in [-0.39, 0.29) is 18.8 Å². The van der Waals surface area contributed by atoms with Gasteiger partial charge in [0.1, 0.15) is 0 Å². The lowest BCUT2D eigenvalue weighted by molar-refractivity contribution is -0.139. The van der Waals surface area contributed by atoms with E-state index in [1.807, 2.05) is 30.3 Å². The van der Waals surface area contributed by atoms with Crippen molar-refractivity contribution in [1.29, 1.82) is 0 Å². The molecule has 0 radical (unpaired) electrons. The van der Waals surface area contributed by atoms with Crippen molar-refractivity contribution in [3.63, 3.8) is 0 Å². The molecule has 1 heterocycles. The molecule has 0 fully saturated rings. The number of nitrogens with one attached hydrogen (secondary N) is 1.